The quantitative estimate of drug-likeness (QED) is 0.784. The molecule has 6 nitrogen and oxygen atoms in total. The van der Waals surface area contributed by atoms with Crippen molar-refractivity contribution >= 4 is 22.7 Å². The van der Waals surface area contributed by atoms with Gasteiger partial charge in [-0.15, -0.1) is 0 Å². The molecule has 112 valence electrons. The first-order chi connectivity index (χ1) is 10.8. The van der Waals surface area contributed by atoms with Crippen LogP contribution in [0.2, 0.25) is 0 Å². The second-order valence-corrected chi connectivity index (χ2v) is 4.52. The third kappa shape index (κ3) is 3.01. The van der Waals surface area contributed by atoms with Gasteiger partial charge in [0.05, 0.1) is 7.11 Å². The van der Waals surface area contributed by atoms with Crippen LogP contribution in [0, 0.1) is 0 Å². The van der Waals surface area contributed by atoms with E-state index < -0.39 is 0 Å². The summed E-state index contributed by atoms with van der Waals surface area (Å²) in [4.78, 5) is 16.0. The minimum absolute atomic E-state index is 0.114. The van der Waals surface area contributed by atoms with E-state index in [1.165, 1.54) is 6.39 Å². The zero-order chi connectivity index (χ0) is 15.4. The predicted molar refractivity (Wildman–Crippen MR) is 81.1 cm³/mol. The number of nitrogens with one attached hydrogen (secondary N) is 1. The summed E-state index contributed by atoms with van der Waals surface area (Å²) in [7, 11) is 1.55. The van der Waals surface area contributed by atoms with Crippen LogP contribution in [0.25, 0.3) is 11.1 Å². The van der Waals surface area contributed by atoms with Gasteiger partial charge in [0.2, 0.25) is 0 Å². The number of benzene rings is 2. The number of amides is 1. The maximum atomic E-state index is 11.9. The zero-order valence-electron chi connectivity index (χ0n) is 11.9. The molecule has 0 bridgehead atoms. The largest absolute Gasteiger partial charge is 0.493 e. The number of carbonyl (C=O) groups is 1. The fourth-order valence-corrected chi connectivity index (χ4v) is 2.01. The van der Waals surface area contributed by atoms with Crippen molar-refractivity contribution in [2.24, 2.45) is 0 Å². The second kappa shape index (κ2) is 6.17. The standard InChI is InChI=1S/C16H14N2O4/c1-20-14-4-2-3-5-15(14)21-9-16(19)18-11-6-7-13-12(8-11)17-10-22-13/h2-8,10H,9H2,1H3,(H,18,19). The number of oxazole rings is 1. The smallest absolute Gasteiger partial charge is 0.262 e. The molecule has 3 aromatic rings. The van der Waals surface area contributed by atoms with Crippen molar-refractivity contribution in [1.29, 1.82) is 0 Å². The predicted octanol–water partition coefficient (Wildman–Crippen LogP) is 2.85. The highest BCUT2D eigenvalue weighted by molar-refractivity contribution is 5.93. The van der Waals surface area contributed by atoms with Crippen molar-refractivity contribution in [2.45, 2.75) is 0 Å². The van der Waals surface area contributed by atoms with Gasteiger partial charge in [-0.3, -0.25) is 4.79 Å². The average molecular weight is 298 g/mol. The van der Waals surface area contributed by atoms with E-state index in [1.54, 1.807) is 37.4 Å². The first-order valence-electron chi connectivity index (χ1n) is 6.65. The molecule has 0 radical (unpaired) electrons. The molecule has 0 aliphatic heterocycles. The fraction of sp³-hybridized carbons (Fsp3) is 0.125. The lowest BCUT2D eigenvalue weighted by atomic mass is 10.3. The minimum Gasteiger partial charge on any atom is -0.493 e. The molecule has 6 heteroatoms. The highest BCUT2D eigenvalue weighted by Gasteiger charge is 2.08. The number of nitrogens with zero attached hydrogens (tertiary/aromatic N) is 1. The van der Waals surface area contributed by atoms with Gasteiger partial charge < -0.3 is 19.2 Å². The summed E-state index contributed by atoms with van der Waals surface area (Å²) in [6, 6.07) is 12.4. The van der Waals surface area contributed by atoms with Crippen molar-refractivity contribution in [3.05, 3.63) is 48.9 Å². The number of rotatable bonds is 5. The maximum absolute atomic E-state index is 11.9. The van der Waals surface area contributed by atoms with Gasteiger partial charge in [-0.05, 0) is 30.3 Å². The van der Waals surface area contributed by atoms with Crippen LogP contribution < -0.4 is 14.8 Å². The molecular formula is C16H14N2O4. The Morgan fingerprint density at radius 1 is 1.23 bits per heavy atom. The molecule has 0 fully saturated rings. The van der Waals surface area contributed by atoms with Gasteiger partial charge in [0, 0.05) is 5.69 Å². The Kier molecular flexibility index (Phi) is 3.91. The molecule has 0 saturated heterocycles. The minimum atomic E-state index is -0.270. The van der Waals surface area contributed by atoms with E-state index in [1.807, 2.05) is 12.1 Å². The highest BCUT2D eigenvalue weighted by Crippen LogP contribution is 2.25. The number of para-hydroxylation sites is 2. The van der Waals surface area contributed by atoms with Crippen LogP contribution in [-0.2, 0) is 4.79 Å². The summed E-state index contributed by atoms with van der Waals surface area (Å²) in [6.07, 6.45) is 1.36. The molecule has 0 unspecified atom stereocenters. The number of hydrogen-bond acceptors (Lipinski definition) is 5. The van der Waals surface area contributed by atoms with Crippen molar-refractivity contribution in [3.63, 3.8) is 0 Å². The molecular weight excluding hydrogens is 284 g/mol. The molecule has 3 rings (SSSR count). The highest BCUT2D eigenvalue weighted by atomic mass is 16.5. The van der Waals surface area contributed by atoms with Gasteiger partial charge in [-0.25, -0.2) is 4.98 Å². The van der Waals surface area contributed by atoms with Crippen molar-refractivity contribution in [2.75, 3.05) is 19.0 Å². The number of carbonyl (C=O) groups excluding carboxylic acids is 1. The van der Waals surface area contributed by atoms with Crippen molar-refractivity contribution in [1.82, 2.24) is 4.98 Å². The molecule has 0 spiro atoms. The van der Waals surface area contributed by atoms with Gasteiger partial charge >= 0.3 is 0 Å². The number of aromatic nitrogens is 1. The Morgan fingerprint density at radius 3 is 2.86 bits per heavy atom. The molecule has 1 N–H and O–H groups in total. The summed E-state index contributed by atoms with van der Waals surface area (Å²) in [5.41, 5.74) is 1.99. The average Bonchev–Trinajstić information content (AvgIpc) is 3.01. The summed E-state index contributed by atoms with van der Waals surface area (Å²) in [5, 5.41) is 2.75. The Bertz CT molecular complexity index is 797. The first-order valence-corrected chi connectivity index (χ1v) is 6.65. The zero-order valence-corrected chi connectivity index (χ0v) is 11.9. The molecule has 0 aliphatic carbocycles. The van der Waals surface area contributed by atoms with Crippen LogP contribution in [0.4, 0.5) is 5.69 Å². The lowest BCUT2D eigenvalue weighted by molar-refractivity contribution is -0.118. The van der Waals surface area contributed by atoms with E-state index in [0.29, 0.717) is 28.3 Å². The molecule has 1 amide bonds. The fourth-order valence-electron chi connectivity index (χ4n) is 2.01. The number of fused-ring (bicyclic) bond motifs is 1. The monoisotopic (exact) mass is 298 g/mol. The molecule has 22 heavy (non-hydrogen) atoms. The lowest BCUT2D eigenvalue weighted by Gasteiger charge is -2.10. The summed E-state index contributed by atoms with van der Waals surface area (Å²) < 4.78 is 15.8. The summed E-state index contributed by atoms with van der Waals surface area (Å²) in [6.45, 7) is -0.114. The topological polar surface area (TPSA) is 73.6 Å². The van der Waals surface area contributed by atoms with Crippen molar-refractivity contribution < 1.29 is 18.7 Å². The normalized spacial score (nSPS) is 10.4. The van der Waals surface area contributed by atoms with E-state index in [2.05, 4.69) is 10.3 Å². The second-order valence-electron chi connectivity index (χ2n) is 4.52. The third-order valence-electron chi connectivity index (χ3n) is 3.04. The Hall–Kier alpha value is -3.02. The SMILES string of the molecule is COc1ccccc1OCC(=O)Nc1ccc2ocnc2c1. The molecule has 0 aliphatic rings. The van der Waals surface area contributed by atoms with Crippen molar-refractivity contribution in [3.8, 4) is 11.5 Å². The number of methoxy groups -OCH3 is 1. The van der Waals surface area contributed by atoms with Crippen LogP contribution in [-0.4, -0.2) is 24.6 Å². The van der Waals surface area contributed by atoms with Gasteiger partial charge in [-0.1, -0.05) is 12.1 Å². The third-order valence-corrected chi connectivity index (χ3v) is 3.04. The molecule has 0 atom stereocenters. The maximum Gasteiger partial charge on any atom is 0.262 e. The van der Waals surface area contributed by atoms with Gasteiger partial charge in [0.1, 0.15) is 5.52 Å². The van der Waals surface area contributed by atoms with Crippen LogP contribution in [0.15, 0.2) is 53.3 Å². The van der Waals surface area contributed by atoms with Crippen LogP contribution >= 0.6 is 0 Å². The van der Waals surface area contributed by atoms with Gasteiger partial charge in [0.25, 0.3) is 5.91 Å². The van der Waals surface area contributed by atoms with E-state index in [4.69, 9.17) is 13.9 Å². The molecule has 1 heterocycles. The van der Waals surface area contributed by atoms with E-state index in [0.717, 1.165) is 0 Å². The summed E-state index contributed by atoms with van der Waals surface area (Å²) >= 11 is 0. The molecule has 1 aromatic heterocycles. The van der Waals surface area contributed by atoms with E-state index in [-0.39, 0.29) is 12.5 Å². The molecule has 0 saturated carbocycles. The number of hydrogen-bond donors (Lipinski definition) is 1. The lowest BCUT2D eigenvalue weighted by Crippen LogP contribution is -2.20. The number of ether oxygens (including phenoxy) is 2. The van der Waals surface area contributed by atoms with Gasteiger partial charge in [0.15, 0.2) is 30.1 Å². The Labute approximate surface area is 126 Å². The Morgan fingerprint density at radius 2 is 2.05 bits per heavy atom. The number of anilines is 1. The summed E-state index contributed by atoms with van der Waals surface area (Å²) in [5.74, 6) is 0.833. The van der Waals surface area contributed by atoms with Gasteiger partial charge in [-0.2, -0.15) is 0 Å². The van der Waals surface area contributed by atoms with E-state index in [9.17, 15) is 4.79 Å². The first kappa shape index (κ1) is 13.9. The van der Waals surface area contributed by atoms with Crippen LogP contribution in [0.1, 0.15) is 0 Å². The molecule has 2 aromatic carbocycles. The van der Waals surface area contributed by atoms with Crippen LogP contribution in [0.3, 0.4) is 0 Å². The van der Waals surface area contributed by atoms with Crippen LogP contribution in [0.5, 0.6) is 11.5 Å². The van der Waals surface area contributed by atoms with E-state index >= 15 is 0 Å². The Balaban J connectivity index is 1.62.